The number of aromatic amines is 1. The summed E-state index contributed by atoms with van der Waals surface area (Å²) in [7, 11) is 0. The van der Waals surface area contributed by atoms with Crippen molar-refractivity contribution >= 4 is 38.3 Å². The number of hydrogen-bond donors (Lipinski definition) is 2. The van der Waals surface area contributed by atoms with Crippen LogP contribution in [0.3, 0.4) is 0 Å². The van der Waals surface area contributed by atoms with Crippen LogP contribution in [0.25, 0.3) is 32.4 Å². The Labute approximate surface area is 112 Å². The van der Waals surface area contributed by atoms with E-state index in [0.717, 1.165) is 32.4 Å². The van der Waals surface area contributed by atoms with Gasteiger partial charge in [0.2, 0.25) is 0 Å². The third kappa shape index (κ3) is 1.50. The molecular weight excluding hydrogens is 258 g/mol. The number of fused-ring (bicyclic) bond motifs is 3. The van der Waals surface area contributed by atoms with Crippen molar-refractivity contribution in [2.75, 3.05) is 5.73 Å². The minimum Gasteiger partial charge on any atom is -0.382 e. The van der Waals surface area contributed by atoms with E-state index in [9.17, 15) is 0 Å². The minimum atomic E-state index is 0.477. The molecule has 6 heteroatoms. The molecule has 3 N–H and O–H groups in total. The fraction of sp³-hybridized carbons (Fsp3) is 0. The van der Waals surface area contributed by atoms with Crippen molar-refractivity contribution in [3.8, 4) is 11.3 Å². The molecule has 19 heavy (non-hydrogen) atoms. The highest BCUT2D eigenvalue weighted by atomic mass is 32.1. The number of hydrogen-bond acceptors (Lipinski definition) is 5. The third-order valence-corrected chi connectivity index (χ3v) is 3.96. The number of thiazole rings is 1. The van der Waals surface area contributed by atoms with Crippen LogP contribution in [0.5, 0.6) is 0 Å². The summed E-state index contributed by atoms with van der Waals surface area (Å²) < 4.78 is 1.08. The summed E-state index contributed by atoms with van der Waals surface area (Å²) in [5.74, 6) is 0.477. The Kier molecular flexibility index (Phi) is 2.07. The average Bonchev–Trinajstić information content (AvgIpc) is 3.10. The van der Waals surface area contributed by atoms with Crippen molar-refractivity contribution < 1.29 is 0 Å². The van der Waals surface area contributed by atoms with E-state index < -0.39 is 0 Å². The summed E-state index contributed by atoms with van der Waals surface area (Å²) in [5.41, 5.74) is 11.4. The van der Waals surface area contributed by atoms with Gasteiger partial charge in [0.25, 0.3) is 0 Å². The van der Waals surface area contributed by atoms with Crippen molar-refractivity contribution in [2.24, 2.45) is 0 Å². The maximum atomic E-state index is 5.95. The molecule has 0 saturated heterocycles. The summed E-state index contributed by atoms with van der Waals surface area (Å²) in [4.78, 5) is 8.69. The molecule has 0 spiro atoms. The van der Waals surface area contributed by atoms with Gasteiger partial charge < -0.3 is 5.73 Å². The van der Waals surface area contributed by atoms with E-state index >= 15 is 0 Å². The molecule has 3 aromatic heterocycles. The normalized spacial score (nSPS) is 11.4. The number of anilines is 1. The second-order valence-corrected chi connectivity index (χ2v) is 5.08. The zero-order valence-corrected chi connectivity index (χ0v) is 10.6. The smallest absolute Gasteiger partial charge is 0.151 e. The molecule has 0 fully saturated rings. The van der Waals surface area contributed by atoms with Crippen LogP contribution in [-0.2, 0) is 0 Å². The van der Waals surface area contributed by atoms with Crippen LogP contribution in [0.2, 0.25) is 0 Å². The van der Waals surface area contributed by atoms with Crippen LogP contribution in [0.15, 0.2) is 36.0 Å². The first kappa shape index (κ1) is 10.5. The Balaban J connectivity index is 2.07. The molecule has 5 nitrogen and oxygen atoms in total. The molecule has 4 aromatic rings. The number of nitrogens with two attached hydrogens (primary N) is 1. The van der Waals surface area contributed by atoms with E-state index in [-0.39, 0.29) is 0 Å². The highest BCUT2D eigenvalue weighted by molar-refractivity contribution is 7.17. The van der Waals surface area contributed by atoms with Gasteiger partial charge in [0.15, 0.2) is 5.82 Å². The van der Waals surface area contributed by atoms with Gasteiger partial charge >= 0.3 is 0 Å². The molecule has 0 unspecified atom stereocenters. The molecule has 92 valence electrons. The lowest BCUT2D eigenvalue weighted by atomic mass is 10.1. The highest BCUT2D eigenvalue weighted by Crippen LogP contribution is 2.32. The highest BCUT2D eigenvalue weighted by Gasteiger charge is 2.10. The van der Waals surface area contributed by atoms with Crippen LogP contribution in [0, 0.1) is 0 Å². The second-order valence-electron chi connectivity index (χ2n) is 4.23. The average molecular weight is 267 g/mol. The van der Waals surface area contributed by atoms with Gasteiger partial charge in [-0.25, -0.2) is 9.97 Å². The number of pyridine rings is 1. The van der Waals surface area contributed by atoms with Crippen molar-refractivity contribution in [3.05, 3.63) is 36.0 Å². The molecule has 0 aliphatic heterocycles. The Bertz CT molecular complexity index is 879. The predicted molar refractivity (Wildman–Crippen MR) is 76.9 cm³/mol. The first-order chi connectivity index (χ1) is 9.33. The summed E-state index contributed by atoms with van der Waals surface area (Å²) in [5, 5.41) is 7.98. The van der Waals surface area contributed by atoms with Gasteiger partial charge in [0.05, 0.1) is 21.4 Å². The molecule has 0 amide bonds. The topological polar surface area (TPSA) is 80.5 Å². The fourth-order valence-electron chi connectivity index (χ4n) is 2.20. The van der Waals surface area contributed by atoms with Gasteiger partial charge in [-0.15, -0.1) is 11.3 Å². The van der Waals surface area contributed by atoms with Crippen molar-refractivity contribution in [3.63, 3.8) is 0 Å². The van der Waals surface area contributed by atoms with E-state index in [1.807, 2.05) is 18.2 Å². The van der Waals surface area contributed by atoms with Crippen LogP contribution in [0.4, 0.5) is 5.82 Å². The van der Waals surface area contributed by atoms with Gasteiger partial charge in [-0.05, 0) is 12.1 Å². The number of nitrogens with zero attached hydrogens (tertiary/aromatic N) is 3. The van der Waals surface area contributed by atoms with Crippen molar-refractivity contribution in [2.45, 2.75) is 0 Å². The number of nitrogen functional groups attached to an aromatic ring is 1. The summed E-state index contributed by atoms with van der Waals surface area (Å²) in [6.07, 6.45) is 1.73. The molecule has 0 saturated carbocycles. The number of benzene rings is 1. The van der Waals surface area contributed by atoms with Crippen LogP contribution in [-0.4, -0.2) is 20.2 Å². The quantitative estimate of drug-likeness (QED) is 0.555. The third-order valence-electron chi connectivity index (χ3n) is 3.11. The van der Waals surface area contributed by atoms with Crippen LogP contribution >= 0.6 is 11.3 Å². The Morgan fingerprint density at radius 2 is 2.16 bits per heavy atom. The number of rotatable bonds is 1. The largest absolute Gasteiger partial charge is 0.382 e. The first-order valence-corrected chi connectivity index (χ1v) is 6.63. The van der Waals surface area contributed by atoms with Gasteiger partial charge in [-0.2, -0.15) is 5.10 Å². The van der Waals surface area contributed by atoms with E-state index in [4.69, 9.17) is 5.73 Å². The lowest BCUT2D eigenvalue weighted by Gasteiger charge is -2.03. The molecule has 1 aromatic carbocycles. The lowest BCUT2D eigenvalue weighted by molar-refractivity contribution is 1.10. The molecule has 0 bridgehead atoms. The first-order valence-electron chi connectivity index (χ1n) is 5.75. The van der Waals surface area contributed by atoms with E-state index in [0.29, 0.717) is 5.82 Å². The maximum absolute atomic E-state index is 5.95. The molecule has 3 heterocycles. The SMILES string of the molecule is Nc1nc2cc(-c3ccn[nH]3)ccc2c2scnc12. The van der Waals surface area contributed by atoms with E-state index in [1.54, 1.807) is 23.0 Å². The maximum Gasteiger partial charge on any atom is 0.151 e. The van der Waals surface area contributed by atoms with Crippen LogP contribution < -0.4 is 5.73 Å². The molecule has 0 radical (unpaired) electrons. The predicted octanol–water partition coefficient (Wildman–Crippen LogP) is 2.82. The number of H-pyrrole nitrogens is 1. The molecular formula is C13H9N5S. The zero-order valence-electron chi connectivity index (χ0n) is 9.79. The molecule has 0 aliphatic rings. The summed E-state index contributed by atoms with van der Waals surface area (Å²) >= 11 is 1.58. The van der Waals surface area contributed by atoms with Gasteiger partial charge in [0, 0.05) is 17.1 Å². The Hall–Kier alpha value is -2.47. The summed E-state index contributed by atoms with van der Waals surface area (Å²) in [6, 6.07) is 8.04. The van der Waals surface area contributed by atoms with Crippen molar-refractivity contribution in [1.82, 2.24) is 20.2 Å². The Morgan fingerprint density at radius 1 is 1.21 bits per heavy atom. The Morgan fingerprint density at radius 3 is 3.00 bits per heavy atom. The fourth-order valence-corrected chi connectivity index (χ4v) is 3.03. The van der Waals surface area contributed by atoms with Gasteiger partial charge in [-0.1, -0.05) is 12.1 Å². The number of aromatic nitrogens is 4. The lowest BCUT2D eigenvalue weighted by Crippen LogP contribution is -1.92. The second kappa shape index (κ2) is 3.76. The zero-order chi connectivity index (χ0) is 12.8. The monoisotopic (exact) mass is 267 g/mol. The van der Waals surface area contributed by atoms with Crippen molar-refractivity contribution in [1.29, 1.82) is 0 Å². The molecule has 0 aliphatic carbocycles. The minimum absolute atomic E-state index is 0.477. The van der Waals surface area contributed by atoms with Gasteiger partial charge in [0.1, 0.15) is 5.52 Å². The summed E-state index contributed by atoms with van der Waals surface area (Å²) in [6.45, 7) is 0. The number of nitrogens with one attached hydrogen (secondary N) is 1. The van der Waals surface area contributed by atoms with E-state index in [2.05, 4.69) is 26.2 Å². The van der Waals surface area contributed by atoms with Crippen LogP contribution in [0.1, 0.15) is 0 Å². The molecule has 4 rings (SSSR count). The van der Waals surface area contributed by atoms with Gasteiger partial charge in [-0.3, -0.25) is 5.10 Å². The standard InChI is InChI=1S/C13H9N5S/c14-13-11-12(19-6-15-11)8-2-1-7(5-10(8)17-13)9-3-4-16-18-9/h1-6H,(H2,14,17)(H,16,18). The molecule has 0 atom stereocenters. The van der Waals surface area contributed by atoms with E-state index in [1.165, 1.54) is 0 Å².